The minimum absolute atomic E-state index is 0.00211. The SMILES string of the molecule is CCC(CCO)NC(=O)NCC(OC)c1ccccc1. The van der Waals surface area contributed by atoms with Crippen LogP contribution in [0.1, 0.15) is 31.4 Å². The quantitative estimate of drug-likeness (QED) is 0.680. The molecular formula is C15H24N2O3. The maximum Gasteiger partial charge on any atom is 0.315 e. The number of rotatable bonds is 8. The first kappa shape index (κ1) is 16.5. The lowest BCUT2D eigenvalue weighted by Gasteiger charge is -2.19. The van der Waals surface area contributed by atoms with Gasteiger partial charge in [0.15, 0.2) is 0 Å². The molecule has 0 aliphatic rings. The molecule has 20 heavy (non-hydrogen) atoms. The second kappa shape index (κ2) is 9.34. The molecule has 0 aromatic heterocycles. The average Bonchev–Trinajstić information content (AvgIpc) is 2.48. The van der Waals surface area contributed by atoms with Gasteiger partial charge in [-0.3, -0.25) is 0 Å². The first-order valence-electron chi connectivity index (χ1n) is 6.94. The Labute approximate surface area is 120 Å². The Morgan fingerprint density at radius 2 is 2.05 bits per heavy atom. The molecule has 0 aliphatic heterocycles. The smallest absolute Gasteiger partial charge is 0.315 e. The fourth-order valence-electron chi connectivity index (χ4n) is 1.96. The highest BCUT2D eigenvalue weighted by Crippen LogP contribution is 2.14. The van der Waals surface area contributed by atoms with Gasteiger partial charge in [0.2, 0.25) is 0 Å². The third kappa shape index (κ3) is 5.59. The van der Waals surface area contributed by atoms with Crippen LogP contribution in [0.15, 0.2) is 30.3 Å². The lowest BCUT2D eigenvalue weighted by Crippen LogP contribution is -2.43. The Hall–Kier alpha value is -1.59. The van der Waals surface area contributed by atoms with E-state index < -0.39 is 0 Å². The van der Waals surface area contributed by atoms with Crippen molar-refractivity contribution in [3.05, 3.63) is 35.9 Å². The van der Waals surface area contributed by atoms with Gasteiger partial charge in [-0.15, -0.1) is 0 Å². The van der Waals surface area contributed by atoms with Crippen molar-refractivity contribution in [1.29, 1.82) is 0 Å². The lowest BCUT2D eigenvalue weighted by molar-refractivity contribution is 0.103. The molecule has 0 fully saturated rings. The second-order valence-corrected chi connectivity index (χ2v) is 4.61. The fraction of sp³-hybridized carbons (Fsp3) is 0.533. The summed E-state index contributed by atoms with van der Waals surface area (Å²) in [6.07, 6.45) is 1.19. The van der Waals surface area contributed by atoms with Crippen LogP contribution in [0.25, 0.3) is 0 Å². The van der Waals surface area contributed by atoms with Crippen LogP contribution < -0.4 is 10.6 Å². The number of urea groups is 1. The lowest BCUT2D eigenvalue weighted by atomic mass is 10.1. The molecule has 1 aromatic carbocycles. The van der Waals surface area contributed by atoms with Gasteiger partial charge in [-0.25, -0.2) is 4.79 Å². The standard InChI is InChI=1S/C15H24N2O3/c1-3-13(9-10-18)17-15(19)16-11-14(20-2)12-7-5-4-6-8-12/h4-8,13-14,18H,3,9-11H2,1-2H3,(H2,16,17,19). The second-order valence-electron chi connectivity index (χ2n) is 4.61. The number of methoxy groups -OCH3 is 1. The van der Waals surface area contributed by atoms with Crippen molar-refractivity contribution in [3.63, 3.8) is 0 Å². The molecule has 2 atom stereocenters. The maximum absolute atomic E-state index is 11.8. The number of ether oxygens (including phenoxy) is 1. The van der Waals surface area contributed by atoms with Crippen molar-refractivity contribution in [1.82, 2.24) is 10.6 Å². The zero-order valence-corrected chi connectivity index (χ0v) is 12.1. The van der Waals surface area contributed by atoms with Crippen molar-refractivity contribution in [3.8, 4) is 0 Å². The van der Waals surface area contributed by atoms with Crippen LogP contribution >= 0.6 is 0 Å². The van der Waals surface area contributed by atoms with Gasteiger partial charge in [0.25, 0.3) is 0 Å². The van der Waals surface area contributed by atoms with Crippen molar-refractivity contribution in [2.45, 2.75) is 31.9 Å². The van der Waals surface area contributed by atoms with Gasteiger partial charge in [0.05, 0.1) is 6.10 Å². The Balaban J connectivity index is 2.42. The number of aliphatic hydroxyl groups excluding tert-OH is 1. The topological polar surface area (TPSA) is 70.6 Å². The molecule has 0 radical (unpaired) electrons. The number of aliphatic hydroxyl groups is 1. The molecule has 2 amide bonds. The number of nitrogens with one attached hydrogen (secondary N) is 2. The number of amides is 2. The molecule has 5 nitrogen and oxygen atoms in total. The molecule has 112 valence electrons. The number of hydrogen-bond donors (Lipinski definition) is 3. The van der Waals surface area contributed by atoms with Crippen LogP contribution in [0.4, 0.5) is 4.79 Å². The fourth-order valence-corrected chi connectivity index (χ4v) is 1.96. The van der Waals surface area contributed by atoms with E-state index in [-0.39, 0.29) is 24.8 Å². The van der Waals surface area contributed by atoms with E-state index in [1.54, 1.807) is 7.11 Å². The van der Waals surface area contributed by atoms with Crippen molar-refractivity contribution in [2.24, 2.45) is 0 Å². The van der Waals surface area contributed by atoms with Crippen molar-refractivity contribution >= 4 is 6.03 Å². The number of hydrogen-bond acceptors (Lipinski definition) is 3. The summed E-state index contributed by atoms with van der Waals surface area (Å²) in [5.41, 5.74) is 1.03. The first-order chi connectivity index (χ1) is 9.71. The molecule has 0 heterocycles. The van der Waals surface area contributed by atoms with Crippen LogP contribution in [0, 0.1) is 0 Å². The number of benzene rings is 1. The average molecular weight is 280 g/mol. The van der Waals surface area contributed by atoms with E-state index in [0.29, 0.717) is 13.0 Å². The zero-order chi connectivity index (χ0) is 14.8. The Morgan fingerprint density at radius 3 is 2.60 bits per heavy atom. The summed E-state index contributed by atoms with van der Waals surface area (Å²) < 4.78 is 5.38. The van der Waals surface area contributed by atoms with E-state index in [1.165, 1.54) is 0 Å². The predicted octanol–water partition coefficient (Wildman–Crippen LogP) is 1.83. The first-order valence-corrected chi connectivity index (χ1v) is 6.94. The molecule has 0 saturated heterocycles. The van der Waals surface area contributed by atoms with Gasteiger partial charge in [-0.1, -0.05) is 37.3 Å². The van der Waals surface area contributed by atoms with E-state index in [1.807, 2.05) is 37.3 Å². The van der Waals surface area contributed by atoms with E-state index in [9.17, 15) is 4.79 Å². The highest BCUT2D eigenvalue weighted by atomic mass is 16.5. The highest BCUT2D eigenvalue weighted by molar-refractivity contribution is 5.74. The third-order valence-electron chi connectivity index (χ3n) is 3.21. The van der Waals surface area contributed by atoms with Gasteiger partial charge in [0, 0.05) is 26.3 Å². The summed E-state index contributed by atoms with van der Waals surface area (Å²) in [5, 5.41) is 14.5. The normalized spacial score (nSPS) is 13.6. The van der Waals surface area contributed by atoms with E-state index >= 15 is 0 Å². The maximum atomic E-state index is 11.8. The van der Waals surface area contributed by atoms with E-state index in [2.05, 4.69) is 10.6 Å². The summed E-state index contributed by atoms with van der Waals surface area (Å²) in [4.78, 5) is 11.8. The summed E-state index contributed by atoms with van der Waals surface area (Å²) in [6, 6.07) is 9.52. The Morgan fingerprint density at radius 1 is 1.35 bits per heavy atom. The third-order valence-corrected chi connectivity index (χ3v) is 3.21. The van der Waals surface area contributed by atoms with E-state index in [4.69, 9.17) is 9.84 Å². The summed E-state index contributed by atoms with van der Waals surface area (Å²) in [6.45, 7) is 2.45. The minimum Gasteiger partial charge on any atom is -0.396 e. The van der Waals surface area contributed by atoms with Gasteiger partial charge in [-0.2, -0.15) is 0 Å². The van der Waals surface area contributed by atoms with Crippen LogP contribution in [0.5, 0.6) is 0 Å². The van der Waals surface area contributed by atoms with Gasteiger partial charge in [-0.05, 0) is 18.4 Å². The zero-order valence-electron chi connectivity index (χ0n) is 12.1. The summed E-state index contributed by atoms with van der Waals surface area (Å²) in [5.74, 6) is 0. The highest BCUT2D eigenvalue weighted by Gasteiger charge is 2.13. The minimum atomic E-state index is -0.233. The van der Waals surface area contributed by atoms with Gasteiger partial charge >= 0.3 is 6.03 Å². The summed E-state index contributed by atoms with van der Waals surface area (Å²) in [7, 11) is 1.62. The summed E-state index contributed by atoms with van der Waals surface area (Å²) >= 11 is 0. The monoisotopic (exact) mass is 280 g/mol. The number of carbonyl (C=O) groups excluding carboxylic acids is 1. The molecule has 1 aromatic rings. The van der Waals surface area contributed by atoms with Gasteiger partial charge < -0.3 is 20.5 Å². The van der Waals surface area contributed by atoms with Crippen LogP contribution in [0.2, 0.25) is 0 Å². The molecule has 1 rings (SSSR count). The molecule has 0 bridgehead atoms. The van der Waals surface area contributed by atoms with Crippen molar-refractivity contribution < 1.29 is 14.6 Å². The Bertz CT molecular complexity index is 384. The predicted molar refractivity (Wildman–Crippen MR) is 78.5 cm³/mol. The number of carbonyl (C=O) groups is 1. The molecular weight excluding hydrogens is 256 g/mol. The van der Waals surface area contributed by atoms with Crippen molar-refractivity contribution in [2.75, 3.05) is 20.3 Å². The molecule has 5 heteroatoms. The molecule has 0 spiro atoms. The van der Waals surface area contributed by atoms with Gasteiger partial charge in [0.1, 0.15) is 0 Å². The molecule has 0 saturated carbocycles. The Kier molecular flexibility index (Phi) is 7.69. The molecule has 3 N–H and O–H groups in total. The van der Waals surface area contributed by atoms with Crippen LogP contribution in [0.3, 0.4) is 0 Å². The van der Waals surface area contributed by atoms with Crippen LogP contribution in [-0.4, -0.2) is 37.4 Å². The van der Waals surface area contributed by atoms with E-state index in [0.717, 1.165) is 12.0 Å². The molecule has 2 unspecified atom stereocenters. The van der Waals surface area contributed by atoms with Crippen LogP contribution in [-0.2, 0) is 4.74 Å². The molecule has 0 aliphatic carbocycles. The largest absolute Gasteiger partial charge is 0.396 e.